The molecule has 4 bridgehead atoms. The summed E-state index contributed by atoms with van der Waals surface area (Å²) in [4.78, 5) is 13.4. The van der Waals surface area contributed by atoms with Crippen molar-refractivity contribution in [2.75, 3.05) is 0 Å². The van der Waals surface area contributed by atoms with Gasteiger partial charge in [-0.1, -0.05) is 12.8 Å². The van der Waals surface area contributed by atoms with Crippen molar-refractivity contribution in [3.8, 4) is 0 Å². The Balaban J connectivity index is 1.29. The van der Waals surface area contributed by atoms with E-state index in [4.69, 9.17) is 4.42 Å². The van der Waals surface area contributed by atoms with Crippen molar-refractivity contribution in [1.29, 1.82) is 0 Å². The first-order valence-corrected chi connectivity index (χ1v) is 10.5. The van der Waals surface area contributed by atoms with Crippen LogP contribution in [0.15, 0.2) is 22.8 Å². The number of carbonyl (C=O) groups is 1. The zero-order valence-corrected chi connectivity index (χ0v) is 15.2. The van der Waals surface area contributed by atoms with Crippen LogP contribution >= 0.6 is 0 Å². The van der Waals surface area contributed by atoms with Crippen LogP contribution in [0.25, 0.3) is 0 Å². The summed E-state index contributed by atoms with van der Waals surface area (Å²) in [6, 6.07) is 4.40. The van der Waals surface area contributed by atoms with Gasteiger partial charge in [0.1, 0.15) is 5.76 Å². The molecule has 3 heteroatoms. The second kappa shape index (κ2) is 6.17. The molecule has 0 radical (unpaired) electrons. The topological polar surface area (TPSA) is 42.2 Å². The van der Waals surface area contributed by atoms with Crippen molar-refractivity contribution in [2.24, 2.45) is 29.1 Å². The molecule has 1 N–H and O–H groups in total. The van der Waals surface area contributed by atoms with E-state index in [9.17, 15) is 4.79 Å². The maximum Gasteiger partial charge on any atom is 0.226 e. The zero-order chi connectivity index (χ0) is 16.9. The Morgan fingerprint density at radius 2 is 1.76 bits per heavy atom. The van der Waals surface area contributed by atoms with Gasteiger partial charge >= 0.3 is 0 Å². The third kappa shape index (κ3) is 2.94. The first-order chi connectivity index (χ1) is 12.2. The molecule has 1 aromatic heterocycles. The minimum Gasteiger partial charge on any atom is -0.469 e. The lowest BCUT2D eigenvalue weighted by Crippen LogP contribution is -2.56. The quantitative estimate of drug-likeness (QED) is 0.861. The number of rotatable bonds is 4. The smallest absolute Gasteiger partial charge is 0.226 e. The van der Waals surface area contributed by atoms with Gasteiger partial charge in [0.15, 0.2) is 0 Å². The average molecular weight is 341 g/mol. The highest BCUT2D eigenvalue weighted by molar-refractivity contribution is 5.83. The van der Waals surface area contributed by atoms with E-state index >= 15 is 0 Å². The normalized spacial score (nSPS) is 42.5. The molecule has 2 atom stereocenters. The molecule has 0 aromatic carbocycles. The standard InChI is InChI=1S/C22H31NO2/c24-21(22-12-15-8-16(13-22)10-17(9-15)14-22)23-20-6-2-1-4-18(20)11-19-5-3-7-25-19/h3,5,7,15-18,20H,1-2,4,6,8-14H2,(H,23,24)/t15?,16?,17?,18-,20+,22?/m1/s1. The molecule has 0 saturated heterocycles. The molecular formula is C22H31NO2. The number of amides is 1. The van der Waals surface area contributed by atoms with Gasteiger partial charge in [0.25, 0.3) is 0 Å². The van der Waals surface area contributed by atoms with Crippen molar-refractivity contribution < 1.29 is 9.21 Å². The molecule has 1 aromatic rings. The molecule has 25 heavy (non-hydrogen) atoms. The summed E-state index contributed by atoms with van der Waals surface area (Å²) < 4.78 is 5.58. The first-order valence-electron chi connectivity index (χ1n) is 10.5. The first kappa shape index (κ1) is 16.0. The lowest BCUT2D eigenvalue weighted by atomic mass is 9.49. The fraction of sp³-hybridized carbons (Fsp3) is 0.773. The van der Waals surface area contributed by atoms with Crippen molar-refractivity contribution in [1.82, 2.24) is 5.32 Å². The molecule has 0 aliphatic heterocycles. The van der Waals surface area contributed by atoms with Gasteiger partial charge in [-0.2, -0.15) is 0 Å². The molecule has 1 heterocycles. The Morgan fingerprint density at radius 1 is 1.08 bits per heavy atom. The van der Waals surface area contributed by atoms with Crippen LogP contribution in [0.5, 0.6) is 0 Å². The molecule has 0 unspecified atom stereocenters. The van der Waals surface area contributed by atoms with Gasteiger partial charge in [-0.05, 0) is 87.2 Å². The molecular weight excluding hydrogens is 310 g/mol. The van der Waals surface area contributed by atoms with E-state index in [2.05, 4.69) is 11.4 Å². The second-order valence-electron chi connectivity index (χ2n) is 9.61. The lowest BCUT2D eigenvalue weighted by molar-refractivity contribution is -0.147. The van der Waals surface area contributed by atoms with Crippen LogP contribution in [0.2, 0.25) is 0 Å². The lowest BCUT2D eigenvalue weighted by Gasteiger charge is -2.56. The van der Waals surface area contributed by atoms with E-state index in [0.29, 0.717) is 17.9 Å². The highest BCUT2D eigenvalue weighted by Gasteiger charge is 2.54. The van der Waals surface area contributed by atoms with Crippen molar-refractivity contribution in [3.05, 3.63) is 24.2 Å². The molecule has 0 spiro atoms. The average Bonchev–Trinajstić information content (AvgIpc) is 3.08. The Kier molecular flexibility index (Phi) is 3.94. The van der Waals surface area contributed by atoms with E-state index in [0.717, 1.165) is 36.4 Å². The predicted octanol–water partition coefficient (Wildman–Crippen LogP) is 4.71. The fourth-order valence-electron chi connectivity index (χ4n) is 7.04. The summed E-state index contributed by atoms with van der Waals surface area (Å²) in [6.45, 7) is 0. The minimum atomic E-state index is -0.0125. The molecule has 136 valence electrons. The number of carbonyl (C=O) groups excluding carboxylic acids is 1. The van der Waals surface area contributed by atoms with Crippen LogP contribution in [0.3, 0.4) is 0 Å². The summed E-state index contributed by atoms with van der Waals surface area (Å²) in [5, 5.41) is 3.56. The van der Waals surface area contributed by atoms with Crippen LogP contribution in [0.4, 0.5) is 0 Å². The summed E-state index contributed by atoms with van der Waals surface area (Å²) in [7, 11) is 0. The minimum absolute atomic E-state index is 0.0125. The van der Waals surface area contributed by atoms with Gasteiger partial charge in [0.05, 0.1) is 6.26 Å². The maximum atomic E-state index is 13.4. The Bertz CT molecular complexity index is 585. The number of furan rings is 1. The van der Waals surface area contributed by atoms with Gasteiger partial charge in [-0.3, -0.25) is 4.79 Å². The molecule has 5 fully saturated rings. The van der Waals surface area contributed by atoms with Crippen LogP contribution < -0.4 is 5.32 Å². The van der Waals surface area contributed by atoms with Crippen molar-refractivity contribution in [2.45, 2.75) is 76.7 Å². The maximum absolute atomic E-state index is 13.4. The number of hydrogen-bond acceptors (Lipinski definition) is 2. The molecule has 5 saturated carbocycles. The van der Waals surface area contributed by atoms with Gasteiger partial charge in [0.2, 0.25) is 5.91 Å². The monoisotopic (exact) mass is 341 g/mol. The third-order valence-corrected chi connectivity index (χ3v) is 7.79. The summed E-state index contributed by atoms with van der Waals surface area (Å²) >= 11 is 0. The number of hydrogen-bond donors (Lipinski definition) is 1. The Hall–Kier alpha value is -1.25. The van der Waals surface area contributed by atoms with E-state index < -0.39 is 0 Å². The molecule has 5 aliphatic carbocycles. The molecule has 5 aliphatic rings. The fourth-order valence-corrected chi connectivity index (χ4v) is 7.04. The van der Waals surface area contributed by atoms with Gasteiger partial charge < -0.3 is 9.73 Å². The van der Waals surface area contributed by atoms with Crippen molar-refractivity contribution >= 4 is 5.91 Å². The largest absolute Gasteiger partial charge is 0.469 e. The van der Waals surface area contributed by atoms with Crippen LogP contribution in [0.1, 0.15) is 70.0 Å². The highest BCUT2D eigenvalue weighted by Crippen LogP contribution is 2.60. The van der Waals surface area contributed by atoms with Gasteiger partial charge in [-0.25, -0.2) is 0 Å². The summed E-state index contributed by atoms with van der Waals surface area (Å²) in [6.07, 6.45) is 15.3. The van der Waals surface area contributed by atoms with E-state index in [1.807, 2.05) is 6.07 Å². The SMILES string of the molecule is O=C(N[C@H]1CCCC[C@@H]1Cc1ccco1)C12CC3CC(CC(C3)C1)C2. The van der Waals surface area contributed by atoms with Crippen LogP contribution in [-0.2, 0) is 11.2 Å². The van der Waals surface area contributed by atoms with Gasteiger partial charge in [0, 0.05) is 17.9 Å². The number of nitrogens with one attached hydrogen (secondary N) is 1. The molecule has 6 rings (SSSR count). The van der Waals surface area contributed by atoms with Crippen molar-refractivity contribution in [3.63, 3.8) is 0 Å². The van der Waals surface area contributed by atoms with Crippen LogP contribution in [-0.4, -0.2) is 11.9 Å². The van der Waals surface area contributed by atoms with E-state index in [-0.39, 0.29) is 5.41 Å². The molecule has 3 nitrogen and oxygen atoms in total. The predicted molar refractivity (Wildman–Crippen MR) is 96.9 cm³/mol. The summed E-state index contributed by atoms with van der Waals surface area (Å²) in [5.41, 5.74) is -0.0125. The van der Waals surface area contributed by atoms with Crippen LogP contribution in [0, 0.1) is 29.1 Å². The zero-order valence-electron chi connectivity index (χ0n) is 15.2. The van der Waals surface area contributed by atoms with E-state index in [1.54, 1.807) is 6.26 Å². The molecule has 1 amide bonds. The van der Waals surface area contributed by atoms with Gasteiger partial charge in [-0.15, -0.1) is 0 Å². The highest BCUT2D eigenvalue weighted by atomic mass is 16.3. The second-order valence-corrected chi connectivity index (χ2v) is 9.61. The third-order valence-electron chi connectivity index (χ3n) is 7.79. The van der Waals surface area contributed by atoms with E-state index in [1.165, 1.54) is 57.8 Å². The Labute approximate surface area is 150 Å². The summed E-state index contributed by atoms with van der Waals surface area (Å²) in [5.74, 6) is 4.52. The Morgan fingerprint density at radius 3 is 2.40 bits per heavy atom.